The Balaban J connectivity index is 2.01. The second-order valence-electron chi connectivity index (χ2n) is 8.14. The van der Waals surface area contributed by atoms with Crippen LogP contribution in [0.5, 0.6) is 0 Å². The Morgan fingerprint density at radius 1 is 1.07 bits per heavy atom. The number of ketones is 1. The zero-order valence-corrected chi connectivity index (χ0v) is 18.2. The SMILES string of the molecule is CC(=O)C(C(=O)OC(C)(C)C)C(Nc1nc2ccccc2s1)c1ccc(C)cc1. The van der Waals surface area contributed by atoms with Gasteiger partial charge in [0.2, 0.25) is 0 Å². The van der Waals surface area contributed by atoms with Crippen molar-refractivity contribution in [1.82, 2.24) is 4.98 Å². The average Bonchev–Trinajstić information content (AvgIpc) is 3.02. The zero-order chi connectivity index (χ0) is 21.2. The van der Waals surface area contributed by atoms with Gasteiger partial charge in [-0.25, -0.2) is 4.98 Å². The predicted molar refractivity (Wildman–Crippen MR) is 117 cm³/mol. The lowest BCUT2D eigenvalue weighted by atomic mass is 9.89. The van der Waals surface area contributed by atoms with Gasteiger partial charge in [0.1, 0.15) is 17.3 Å². The van der Waals surface area contributed by atoms with Crippen LogP contribution in [0.3, 0.4) is 0 Å². The molecule has 1 aromatic heterocycles. The lowest BCUT2D eigenvalue weighted by Crippen LogP contribution is -2.38. The van der Waals surface area contributed by atoms with Crippen LogP contribution in [-0.4, -0.2) is 22.3 Å². The van der Waals surface area contributed by atoms with E-state index in [0.29, 0.717) is 5.13 Å². The molecular formula is C23H26N2O3S. The first kappa shape index (κ1) is 21.0. The van der Waals surface area contributed by atoms with E-state index in [0.717, 1.165) is 21.3 Å². The first-order valence-corrected chi connectivity index (χ1v) is 10.4. The van der Waals surface area contributed by atoms with E-state index in [4.69, 9.17) is 4.74 Å². The smallest absolute Gasteiger partial charge is 0.319 e. The Labute approximate surface area is 175 Å². The molecule has 0 saturated carbocycles. The van der Waals surface area contributed by atoms with Crippen LogP contribution in [0.4, 0.5) is 5.13 Å². The maximum Gasteiger partial charge on any atom is 0.319 e. The first-order valence-electron chi connectivity index (χ1n) is 9.56. The van der Waals surface area contributed by atoms with E-state index >= 15 is 0 Å². The van der Waals surface area contributed by atoms with Crippen molar-refractivity contribution >= 4 is 38.4 Å². The van der Waals surface area contributed by atoms with E-state index < -0.39 is 23.5 Å². The molecule has 0 aliphatic carbocycles. The molecule has 0 spiro atoms. The van der Waals surface area contributed by atoms with Gasteiger partial charge in [-0.15, -0.1) is 0 Å². The van der Waals surface area contributed by atoms with Crippen molar-refractivity contribution in [3.63, 3.8) is 0 Å². The molecule has 3 aromatic rings. The summed E-state index contributed by atoms with van der Waals surface area (Å²) in [4.78, 5) is 30.1. The van der Waals surface area contributed by atoms with Crippen LogP contribution in [-0.2, 0) is 14.3 Å². The molecule has 152 valence electrons. The van der Waals surface area contributed by atoms with E-state index in [2.05, 4.69) is 10.3 Å². The average molecular weight is 411 g/mol. The lowest BCUT2D eigenvalue weighted by Gasteiger charge is -2.28. The molecule has 0 aliphatic heterocycles. The Bertz CT molecular complexity index is 986. The summed E-state index contributed by atoms with van der Waals surface area (Å²) in [5, 5.41) is 4.00. The molecule has 0 amide bonds. The number of para-hydroxylation sites is 1. The van der Waals surface area contributed by atoms with Gasteiger partial charge in [-0.3, -0.25) is 9.59 Å². The molecule has 1 heterocycles. The maximum absolute atomic E-state index is 12.9. The zero-order valence-electron chi connectivity index (χ0n) is 17.4. The monoisotopic (exact) mass is 410 g/mol. The van der Waals surface area contributed by atoms with Crippen LogP contribution in [0, 0.1) is 12.8 Å². The fourth-order valence-corrected chi connectivity index (χ4v) is 4.00. The van der Waals surface area contributed by atoms with Crippen molar-refractivity contribution in [3.05, 3.63) is 59.7 Å². The first-order chi connectivity index (χ1) is 13.6. The molecule has 0 bridgehead atoms. The van der Waals surface area contributed by atoms with Crippen molar-refractivity contribution < 1.29 is 14.3 Å². The summed E-state index contributed by atoms with van der Waals surface area (Å²) >= 11 is 1.49. The number of rotatable bonds is 6. The van der Waals surface area contributed by atoms with Gasteiger partial charge >= 0.3 is 5.97 Å². The van der Waals surface area contributed by atoms with Crippen molar-refractivity contribution in [3.8, 4) is 0 Å². The molecular weight excluding hydrogens is 384 g/mol. The molecule has 3 rings (SSSR count). The normalized spacial score (nSPS) is 13.7. The molecule has 2 atom stereocenters. The molecule has 0 radical (unpaired) electrons. The topological polar surface area (TPSA) is 68.3 Å². The van der Waals surface area contributed by atoms with Crippen LogP contribution >= 0.6 is 11.3 Å². The third-order valence-electron chi connectivity index (χ3n) is 4.44. The Hall–Kier alpha value is -2.73. The van der Waals surface area contributed by atoms with Crippen LogP contribution < -0.4 is 5.32 Å². The summed E-state index contributed by atoms with van der Waals surface area (Å²) in [7, 11) is 0. The predicted octanol–water partition coefficient (Wildman–Crippen LogP) is 5.30. The highest BCUT2D eigenvalue weighted by atomic mass is 32.1. The van der Waals surface area contributed by atoms with Gasteiger partial charge in [0.05, 0.1) is 16.3 Å². The minimum atomic E-state index is -0.982. The minimum Gasteiger partial charge on any atom is -0.459 e. The molecule has 0 fully saturated rings. The second-order valence-corrected chi connectivity index (χ2v) is 9.17. The number of Topliss-reactive ketones (excluding diaryl/α,β-unsaturated/α-hetero) is 1. The van der Waals surface area contributed by atoms with Crippen molar-refractivity contribution in [1.29, 1.82) is 0 Å². The Morgan fingerprint density at radius 3 is 2.31 bits per heavy atom. The number of anilines is 1. The molecule has 0 aliphatic rings. The van der Waals surface area contributed by atoms with Crippen LogP contribution in [0.25, 0.3) is 10.2 Å². The lowest BCUT2D eigenvalue weighted by molar-refractivity contribution is -0.162. The third-order valence-corrected chi connectivity index (χ3v) is 5.41. The summed E-state index contributed by atoms with van der Waals surface area (Å²) < 4.78 is 6.60. The standard InChI is InChI=1S/C23H26N2O3S/c1-14-10-12-16(13-11-14)20(19(15(2)26)21(27)28-23(3,4)5)25-22-24-17-8-6-7-9-18(17)29-22/h6-13,19-20H,1-5H3,(H,24,25). The molecule has 2 aromatic carbocycles. The van der Waals surface area contributed by atoms with Crippen molar-refractivity contribution in [2.45, 2.75) is 46.3 Å². The number of aryl methyl sites for hydroxylation is 1. The summed E-state index contributed by atoms with van der Waals surface area (Å²) in [6.07, 6.45) is 0. The molecule has 0 saturated heterocycles. The Morgan fingerprint density at radius 2 is 1.72 bits per heavy atom. The number of nitrogens with zero attached hydrogens (tertiary/aromatic N) is 1. The van der Waals surface area contributed by atoms with E-state index in [9.17, 15) is 9.59 Å². The van der Waals surface area contributed by atoms with Gasteiger partial charge in [-0.2, -0.15) is 0 Å². The van der Waals surface area contributed by atoms with Gasteiger partial charge < -0.3 is 10.1 Å². The fourth-order valence-electron chi connectivity index (χ4n) is 3.10. The number of ether oxygens (including phenoxy) is 1. The number of aromatic nitrogens is 1. The molecule has 2 unspecified atom stereocenters. The second kappa shape index (κ2) is 8.33. The fraction of sp³-hybridized carbons (Fsp3) is 0.348. The summed E-state index contributed by atoms with van der Waals surface area (Å²) in [5.74, 6) is -1.77. The van der Waals surface area contributed by atoms with E-state index in [1.54, 1.807) is 20.8 Å². The molecule has 5 nitrogen and oxygen atoms in total. The number of nitrogens with one attached hydrogen (secondary N) is 1. The number of thiazole rings is 1. The van der Waals surface area contributed by atoms with Gasteiger partial charge in [-0.1, -0.05) is 53.3 Å². The van der Waals surface area contributed by atoms with Crippen molar-refractivity contribution in [2.24, 2.45) is 5.92 Å². The minimum absolute atomic E-state index is 0.251. The molecule has 29 heavy (non-hydrogen) atoms. The van der Waals surface area contributed by atoms with E-state index in [-0.39, 0.29) is 5.78 Å². The summed E-state index contributed by atoms with van der Waals surface area (Å²) in [5.41, 5.74) is 2.13. The number of esters is 1. The summed E-state index contributed by atoms with van der Waals surface area (Å²) in [6, 6.07) is 15.0. The number of carbonyl (C=O) groups excluding carboxylic acids is 2. The quantitative estimate of drug-likeness (QED) is 0.441. The van der Waals surface area contributed by atoms with Gasteiger partial charge in [0, 0.05) is 0 Å². The van der Waals surface area contributed by atoms with Crippen LogP contribution in [0.15, 0.2) is 48.5 Å². The third kappa shape index (κ3) is 5.21. The number of hydrogen-bond acceptors (Lipinski definition) is 6. The highest BCUT2D eigenvalue weighted by Crippen LogP contribution is 2.33. The van der Waals surface area contributed by atoms with Gasteiger partial charge in [0.25, 0.3) is 0 Å². The molecule has 6 heteroatoms. The van der Waals surface area contributed by atoms with Gasteiger partial charge in [0.15, 0.2) is 5.13 Å². The number of carbonyl (C=O) groups is 2. The number of hydrogen-bond donors (Lipinski definition) is 1. The summed E-state index contributed by atoms with van der Waals surface area (Å²) in [6.45, 7) is 8.81. The van der Waals surface area contributed by atoms with E-state index in [1.165, 1.54) is 18.3 Å². The van der Waals surface area contributed by atoms with Gasteiger partial charge in [-0.05, 0) is 52.3 Å². The van der Waals surface area contributed by atoms with E-state index in [1.807, 2.05) is 55.5 Å². The largest absolute Gasteiger partial charge is 0.459 e. The highest BCUT2D eigenvalue weighted by Gasteiger charge is 2.37. The molecule has 1 N–H and O–H groups in total. The van der Waals surface area contributed by atoms with Crippen molar-refractivity contribution in [2.75, 3.05) is 5.32 Å². The maximum atomic E-state index is 12.9. The van der Waals surface area contributed by atoms with Crippen LogP contribution in [0.1, 0.15) is 44.9 Å². The Kier molecular flexibility index (Phi) is 6.03. The highest BCUT2D eigenvalue weighted by molar-refractivity contribution is 7.22. The van der Waals surface area contributed by atoms with Crippen LogP contribution in [0.2, 0.25) is 0 Å². The number of fused-ring (bicyclic) bond motifs is 1. The number of benzene rings is 2.